The Morgan fingerprint density at radius 1 is 1.18 bits per heavy atom. The van der Waals surface area contributed by atoms with Crippen molar-refractivity contribution in [1.82, 2.24) is 4.98 Å². The van der Waals surface area contributed by atoms with Gasteiger partial charge in [-0.1, -0.05) is 6.07 Å². The van der Waals surface area contributed by atoms with Crippen molar-refractivity contribution in [3.8, 4) is 11.1 Å². The van der Waals surface area contributed by atoms with Crippen LogP contribution in [0.1, 0.15) is 22.8 Å². The van der Waals surface area contributed by atoms with E-state index in [4.69, 9.17) is 0 Å². The second kappa shape index (κ2) is 4.45. The quantitative estimate of drug-likeness (QED) is 0.739. The third-order valence-electron chi connectivity index (χ3n) is 2.55. The summed E-state index contributed by atoms with van der Waals surface area (Å²) in [5, 5.41) is 0. The molecule has 0 aliphatic heterocycles. The molecule has 2 rings (SSSR count). The van der Waals surface area contributed by atoms with Gasteiger partial charge in [0.2, 0.25) is 0 Å². The van der Waals surface area contributed by atoms with Gasteiger partial charge in [-0.05, 0) is 43.2 Å². The van der Waals surface area contributed by atoms with E-state index in [1.165, 1.54) is 13.0 Å². The Morgan fingerprint density at radius 3 is 2.59 bits per heavy atom. The van der Waals surface area contributed by atoms with Crippen LogP contribution in [0.15, 0.2) is 36.7 Å². The molecule has 2 nitrogen and oxygen atoms in total. The summed E-state index contributed by atoms with van der Waals surface area (Å²) in [5.74, 6) is -0.758. The molecule has 0 saturated heterocycles. The summed E-state index contributed by atoms with van der Waals surface area (Å²) in [4.78, 5) is 15.3. The van der Waals surface area contributed by atoms with Crippen LogP contribution in [0.3, 0.4) is 0 Å². The summed E-state index contributed by atoms with van der Waals surface area (Å²) < 4.78 is 13.4. The lowest BCUT2D eigenvalue weighted by Gasteiger charge is -2.05. The van der Waals surface area contributed by atoms with E-state index in [2.05, 4.69) is 4.98 Å². The number of rotatable bonds is 2. The van der Waals surface area contributed by atoms with Crippen molar-refractivity contribution in [2.24, 2.45) is 0 Å². The minimum Gasteiger partial charge on any atom is -0.294 e. The van der Waals surface area contributed by atoms with Crippen LogP contribution in [0, 0.1) is 12.7 Å². The SMILES string of the molecule is CC(=O)c1cc(-c2cncc(C)c2)ccc1F. The van der Waals surface area contributed by atoms with E-state index in [-0.39, 0.29) is 11.3 Å². The fourth-order valence-electron chi connectivity index (χ4n) is 1.69. The molecule has 17 heavy (non-hydrogen) atoms. The lowest BCUT2D eigenvalue weighted by molar-refractivity contribution is 0.101. The first-order chi connectivity index (χ1) is 8.08. The maximum Gasteiger partial charge on any atom is 0.162 e. The molecule has 0 unspecified atom stereocenters. The smallest absolute Gasteiger partial charge is 0.162 e. The maximum absolute atomic E-state index is 13.4. The molecule has 1 aromatic carbocycles. The monoisotopic (exact) mass is 229 g/mol. The number of hydrogen-bond donors (Lipinski definition) is 0. The number of pyridine rings is 1. The van der Waals surface area contributed by atoms with E-state index < -0.39 is 5.82 Å². The summed E-state index contributed by atoms with van der Waals surface area (Å²) in [5.41, 5.74) is 2.82. The fourth-order valence-corrected chi connectivity index (χ4v) is 1.69. The standard InChI is InChI=1S/C14H12FNO/c1-9-5-12(8-16-7-9)11-3-4-14(15)13(6-11)10(2)17/h3-8H,1-2H3. The Hall–Kier alpha value is -2.03. The molecule has 86 valence electrons. The molecule has 0 aliphatic rings. The molecule has 0 radical (unpaired) electrons. The molecule has 0 bridgehead atoms. The number of ketones is 1. The van der Waals surface area contributed by atoms with Gasteiger partial charge in [0.25, 0.3) is 0 Å². The van der Waals surface area contributed by atoms with Crippen LogP contribution < -0.4 is 0 Å². The molecule has 0 atom stereocenters. The highest BCUT2D eigenvalue weighted by Gasteiger charge is 2.09. The Bertz CT molecular complexity index is 578. The summed E-state index contributed by atoms with van der Waals surface area (Å²) in [6.45, 7) is 3.29. The van der Waals surface area contributed by atoms with Crippen molar-refractivity contribution >= 4 is 5.78 Å². The molecule has 0 fully saturated rings. The Balaban J connectivity index is 2.54. The predicted octanol–water partition coefficient (Wildman–Crippen LogP) is 3.40. The van der Waals surface area contributed by atoms with Gasteiger partial charge in [0.1, 0.15) is 5.82 Å². The maximum atomic E-state index is 13.4. The summed E-state index contributed by atoms with van der Waals surface area (Å²) >= 11 is 0. The van der Waals surface area contributed by atoms with Crippen LogP contribution in [0.2, 0.25) is 0 Å². The lowest BCUT2D eigenvalue weighted by atomic mass is 10.0. The number of carbonyl (C=O) groups is 1. The predicted molar refractivity (Wildman–Crippen MR) is 64.4 cm³/mol. The first-order valence-corrected chi connectivity index (χ1v) is 5.30. The average molecular weight is 229 g/mol. The van der Waals surface area contributed by atoms with Gasteiger partial charge in [-0.2, -0.15) is 0 Å². The van der Waals surface area contributed by atoms with Gasteiger partial charge in [-0.3, -0.25) is 9.78 Å². The van der Waals surface area contributed by atoms with Crippen molar-refractivity contribution in [1.29, 1.82) is 0 Å². The highest BCUT2D eigenvalue weighted by Crippen LogP contribution is 2.22. The summed E-state index contributed by atoms with van der Waals surface area (Å²) in [6, 6.07) is 6.48. The molecule has 2 aromatic rings. The molecular weight excluding hydrogens is 217 g/mol. The molecule has 0 spiro atoms. The Morgan fingerprint density at radius 2 is 1.94 bits per heavy atom. The van der Waals surface area contributed by atoms with Crippen molar-refractivity contribution in [3.05, 3.63) is 53.6 Å². The van der Waals surface area contributed by atoms with Gasteiger partial charge >= 0.3 is 0 Å². The highest BCUT2D eigenvalue weighted by atomic mass is 19.1. The molecule has 0 saturated carbocycles. The van der Waals surface area contributed by atoms with Crippen LogP contribution in [0.4, 0.5) is 4.39 Å². The zero-order chi connectivity index (χ0) is 12.4. The minimum absolute atomic E-state index is 0.115. The van der Waals surface area contributed by atoms with Gasteiger partial charge < -0.3 is 0 Å². The molecule has 0 N–H and O–H groups in total. The number of hydrogen-bond acceptors (Lipinski definition) is 2. The van der Waals surface area contributed by atoms with E-state index in [1.807, 2.05) is 13.0 Å². The van der Waals surface area contributed by atoms with E-state index in [0.717, 1.165) is 16.7 Å². The third-order valence-corrected chi connectivity index (χ3v) is 2.55. The van der Waals surface area contributed by atoms with Crippen LogP contribution in [0.25, 0.3) is 11.1 Å². The van der Waals surface area contributed by atoms with E-state index in [1.54, 1.807) is 24.5 Å². The Labute approximate surface area is 99.1 Å². The number of halogens is 1. The number of carbonyl (C=O) groups excluding carboxylic acids is 1. The van der Waals surface area contributed by atoms with E-state index in [0.29, 0.717) is 0 Å². The topological polar surface area (TPSA) is 30.0 Å². The lowest BCUT2D eigenvalue weighted by Crippen LogP contribution is -1.97. The third kappa shape index (κ3) is 2.38. The second-order valence-electron chi connectivity index (χ2n) is 4.00. The van der Waals surface area contributed by atoms with Gasteiger partial charge in [0.15, 0.2) is 5.78 Å². The van der Waals surface area contributed by atoms with Crippen molar-refractivity contribution < 1.29 is 9.18 Å². The molecular formula is C14H12FNO. The molecule has 0 aliphatic carbocycles. The van der Waals surface area contributed by atoms with Gasteiger partial charge in [0, 0.05) is 18.0 Å². The zero-order valence-corrected chi connectivity index (χ0v) is 9.70. The van der Waals surface area contributed by atoms with Gasteiger partial charge in [0.05, 0.1) is 5.56 Å². The number of aromatic nitrogens is 1. The molecule has 3 heteroatoms. The van der Waals surface area contributed by atoms with E-state index in [9.17, 15) is 9.18 Å². The summed E-state index contributed by atoms with van der Waals surface area (Å²) in [6.07, 6.45) is 3.45. The van der Waals surface area contributed by atoms with Crippen molar-refractivity contribution in [2.75, 3.05) is 0 Å². The largest absolute Gasteiger partial charge is 0.294 e. The molecule has 1 heterocycles. The zero-order valence-electron chi connectivity index (χ0n) is 9.70. The van der Waals surface area contributed by atoms with Gasteiger partial charge in [-0.15, -0.1) is 0 Å². The number of nitrogens with zero attached hydrogens (tertiary/aromatic N) is 1. The fraction of sp³-hybridized carbons (Fsp3) is 0.143. The van der Waals surface area contributed by atoms with Crippen molar-refractivity contribution in [3.63, 3.8) is 0 Å². The molecule has 0 amide bonds. The van der Waals surface area contributed by atoms with Crippen molar-refractivity contribution in [2.45, 2.75) is 13.8 Å². The number of benzene rings is 1. The number of aryl methyl sites for hydroxylation is 1. The summed E-state index contributed by atoms with van der Waals surface area (Å²) in [7, 11) is 0. The van der Waals surface area contributed by atoms with Crippen LogP contribution in [0.5, 0.6) is 0 Å². The van der Waals surface area contributed by atoms with Gasteiger partial charge in [-0.25, -0.2) is 4.39 Å². The first kappa shape index (κ1) is 11.5. The highest BCUT2D eigenvalue weighted by molar-refractivity contribution is 5.95. The van der Waals surface area contributed by atoms with Crippen LogP contribution in [-0.4, -0.2) is 10.8 Å². The van der Waals surface area contributed by atoms with E-state index >= 15 is 0 Å². The Kier molecular flexibility index (Phi) is 3.00. The van der Waals surface area contributed by atoms with Crippen LogP contribution in [-0.2, 0) is 0 Å². The minimum atomic E-state index is -0.484. The normalized spacial score (nSPS) is 10.3. The molecule has 1 aromatic heterocycles. The number of Topliss-reactive ketones (excluding diaryl/α,β-unsaturated/α-hetero) is 1. The first-order valence-electron chi connectivity index (χ1n) is 5.30. The average Bonchev–Trinajstić information content (AvgIpc) is 2.29. The van der Waals surface area contributed by atoms with Crippen LogP contribution >= 0.6 is 0 Å². The second-order valence-corrected chi connectivity index (χ2v) is 4.00.